The summed E-state index contributed by atoms with van der Waals surface area (Å²) in [7, 11) is -3.74. The maximum Gasteiger partial charge on any atom is 0.307 e. The van der Waals surface area contributed by atoms with Gasteiger partial charge in [0.25, 0.3) is 0 Å². The second-order valence-corrected chi connectivity index (χ2v) is 7.73. The number of ketones is 1. The molecule has 0 fully saturated rings. The van der Waals surface area contributed by atoms with Gasteiger partial charge in [0.15, 0.2) is 15.6 Å². The van der Waals surface area contributed by atoms with Crippen molar-refractivity contribution in [2.75, 3.05) is 5.75 Å². The van der Waals surface area contributed by atoms with Gasteiger partial charge in [0.05, 0.1) is 16.6 Å². The van der Waals surface area contributed by atoms with E-state index in [-0.39, 0.29) is 10.7 Å². The molecular weight excluding hydrogens is 342 g/mol. The molecule has 0 amide bonds. The van der Waals surface area contributed by atoms with E-state index < -0.39 is 27.5 Å². The molecule has 1 heterocycles. The Balaban J connectivity index is 2.21. The number of carboxylic acid groups (broad SMARTS) is 1. The molecule has 25 heavy (non-hydrogen) atoms. The Labute approximate surface area is 146 Å². The number of pyridine rings is 1. The number of rotatable bonds is 8. The minimum absolute atomic E-state index is 0.0149. The van der Waals surface area contributed by atoms with Crippen LogP contribution in [0.25, 0.3) is 0 Å². The van der Waals surface area contributed by atoms with Crippen LogP contribution in [0, 0.1) is 5.92 Å². The summed E-state index contributed by atoms with van der Waals surface area (Å²) in [6.45, 7) is 1.81. The van der Waals surface area contributed by atoms with E-state index in [9.17, 15) is 18.0 Å². The second-order valence-electron chi connectivity index (χ2n) is 5.69. The highest BCUT2D eigenvalue weighted by molar-refractivity contribution is 7.91. The molecule has 0 bridgehead atoms. The predicted octanol–water partition coefficient (Wildman–Crippen LogP) is 2.59. The van der Waals surface area contributed by atoms with Crippen LogP contribution in [0.5, 0.6) is 0 Å². The number of carbonyl (C=O) groups excluding carboxylic acids is 1. The van der Waals surface area contributed by atoms with Gasteiger partial charge < -0.3 is 5.11 Å². The largest absolute Gasteiger partial charge is 0.481 e. The third-order valence-electron chi connectivity index (χ3n) is 3.83. The van der Waals surface area contributed by atoms with Gasteiger partial charge in [0.1, 0.15) is 0 Å². The van der Waals surface area contributed by atoms with E-state index in [0.29, 0.717) is 24.0 Å². The van der Waals surface area contributed by atoms with Crippen LogP contribution >= 0.6 is 0 Å². The molecule has 0 spiro atoms. The van der Waals surface area contributed by atoms with Crippen molar-refractivity contribution in [1.82, 2.24) is 4.98 Å². The first-order valence-electron chi connectivity index (χ1n) is 7.85. The van der Waals surface area contributed by atoms with Crippen LogP contribution in [0.15, 0.2) is 53.7 Å². The van der Waals surface area contributed by atoms with E-state index in [1.54, 1.807) is 12.1 Å². The van der Waals surface area contributed by atoms with Gasteiger partial charge in [-0.25, -0.2) is 8.42 Å². The minimum Gasteiger partial charge on any atom is -0.481 e. The SMILES string of the molecule is CCCC(CS(=O)(=O)c1ccc(C(=O)c2ccncc2)cc1)C(=O)O. The number of carboxylic acids is 1. The molecule has 1 aromatic carbocycles. The third kappa shape index (κ3) is 4.73. The molecule has 0 radical (unpaired) electrons. The Hall–Kier alpha value is -2.54. The van der Waals surface area contributed by atoms with E-state index in [1.165, 1.54) is 36.7 Å². The lowest BCUT2D eigenvalue weighted by Gasteiger charge is -2.12. The first kappa shape index (κ1) is 18.8. The summed E-state index contributed by atoms with van der Waals surface area (Å²) < 4.78 is 24.8. The Morgan fingerprint density at radius 3 is 2.12 bits per heavy atom. The Kier molecular flexibility index (Phi) is 6.03. The molecule has 0 aliphatic heterocycles. The van der Waals surface area contributed by atoms with Crippen molar-refractivity contribution in [2.24, 2.45) is 5.92 Å². The van der Waals surface area contributed by atoms with E-state index >= 15 is 0 Å². The molecule has 0 aliphatic rings. The normalized spacial score (nSPS) is 12.5. The molecule has 0 saturated carbocycles. The molecule has 6 nitrogen and oxygen atoms in total. The first-order valence-corrected chi connectivity index (χ1v) is 9.50. The topological polar surface area (TPSA) is 101 Å². The lowest BCUT2D eigenvalue weighted by Crippen LogP contribution is -2.23. The fourth-order valence-corrected chi connectivity index (χ4v) is 4.05. The summed E-state index contributed by atoms with van der Waals surface area (Å²) in [5, 5.41) is 9.14. The second kappa shape index (κ2) is 8.02. The summed E-state index contributed by atoms with van der Waals surface area (Å²) in [4.78, 5) is 27.3. The van der Waals surface area contributed by atoms with Gasteiger partial charge in [-0.3, -0.25) is 14.6 Å². The summed E-state index contributed by atoms with van der Waals surface area (Å²) >= 11 is 0. The van der Waals surface area contributed by atoms with Crippen molar-refractivity contribution in [3.63, 3.8) is 0 Å². The van der Waals surface area contributed by atoms with Crippen LogP contribution in [-0.2, 0) is 14.6 Å². The molecule has 2 rings (SSSR count). The van der Waals surface area contributed by atoms with E-state index in [2.05, 4.69) is 4.98 Å². The minimum atomic E-state index is -3.74. The molecule has 1 unspecified atom stereocenters. The molecule has 1 N–H and O–H groups in total. The third-order valence-corrected chi connectivity index (χ3v) is 5.66. The van der Waals surface area contributed by atoms with E-state index in [4.69, 9.17) is 5.11 Å². The maximum atomic E-state index is 12.4. The molecular formula is C18H19NO5S. The number of aromatic nitrogens is 1. The highest BCUT2D eigenvalue weighted by Crippen LogP contribution is 2.19. The Bertz CT molecular complexity index is 845. The van der Waals surface area contributed by atoms with Crippen molar-refractivity contribution in [2.45, 2.75) is 24.7 Å². The van der Waals surface area contributed by atoms with Crippen molar-refractivity contribution in [3.05, 3.63) is 59.9 Å². The first-order chi connectivity index (χ1) is 11.8. The van der Waals surface area contributed by atoms with Gasteiger partial charge in [-0.1, -0.05) is 13.3 Å². The predicted molar refractivity (Wildman–Crippen MR) is 92.2 cm³/mol. The number of hydrogen-bond acceptors (Lipinski definition) is 5. The van der Waals surface area contributed by atoms with Gasteiger partial charge >= 0.3 is 5.97 Å². The van der Waals surface area contributed by atoms with Crippen LogP contribution in [0.4, 0.5) is 0 Å². The van der Waals surface area contributed by atoms with Gasteiger partial charge in [0, 0.05) is 23.5 Å². The van der Waals surface area contributed by atoms with Crippen LogP contribution < -0.4 is 0 Å². The fourth-order valence-electron chi connectivity index (χ4n) is 2.47. The number of hydrogen-bond donors (Lipinski definition) is 1. The molecule has 0 saturated heterocycles. The zero-order valence-corrected chi connectivity index (χ0v) is 14.6. The van der Waals surface area contributed by atoms with Gasteiger partial charge in [0.2, 0.25) is 0 Å². The average Bonchev–Trinajstić information content (AvgIpc) is 2.61. The van der Waals surface area contributed by atoms with Gasteiger partial charge in [-0.05, 0) is 42.8 Å². The zero-order valence-electron chi connectivity index (χ0n) is 13.8. The summed E-state index contributed by atoms with van der Waals surface area (Å²) in [5.74, 6) is -2.74. The standard InChI is InChI=1S/C18H19NO5S/c1-2-3-15(18(21)22)12-25(23,24)16-6-4-13(5-7-16)17(20)14-8-10-19-11-9-14/h4-11,15H,2-3,12H2,1H3,(H,21,22). The summed E-state index contributed by atoms with van der Waals surface area (Å²) in [6, 6.07) is 8.71. The van der Waals surface area contributed by atoms with Crippen molar-refractivity contribution in [3.8, 4) is 0 Å². The number of aliphatic carboxylic acids is 1. The Morgan fingerprint density at radius 2 is 1.60 bits per heavy atom. The molecule has 1 aromatic heterocycles. The molecule has 0 aliphatic carbocycles. The zero-order chi connectivity index (χ0) is 18.4. The monoisotopic (exact) mass is 361 g/mol. The number of carbonyl (C=O) groups is 2. The lowest BCUT2D eigenvalue weighted by molar-refractivity contribution is -0.141. The maximum absolute atomic E-state index is 12.4. The van der Waals surface area contributed by atoms with Gasteiger partial charge in [-0.2, -0.15) is 0 Å². The Morgan fingerprint density at radius 1 is 1.04 bits per heavy atom. The number of nitrogens with zero attached hydrogens (tertiary/aromatic N) is 1. The molecule has 132 valence electrons. The van der Waals surface area contributed by atoms with Crippen LogP contribution in [0.1, 0.15) is 35.7 Å². The summed E-state index contributed by atoms with van der Waals surface area (Å²) in [6.07, 6.45) is 3.90. The quantitative estimate of drug-likeness (QED) is 0.725. The number of benzene rings is 1. The molecule has 7 heteroatoms. The molecule has 1 atom stereocenters. The highest BCUT2D eigenvalue weighted by Gasteiger charge is 2.26. The highest BCUT2D eigenvalue weighted by atomic mass is 32.2. The smallest absolute Gasteiger partial charge is 0.307 e. The van der Waals surface area contributed by atoms with Crippen molar-refractivity contribution in [1.29, 1.82) is 0 Å². The average molecular weight is 361 g/mol. The van der Waals surface area contributed by atoms with E-state index in [0.717, 1.165) is 0 Å². The van der Waals surface area contributed by atoms with Crippen LogP contribution in [-0.4, -0.2) is 36.0 Å². The number of sulfone groups is 1. The van der Waals surface area contributed by atoms with Crippen LogP contribution in [0.2, 0.25) is 0 Å². The van der Waals surface area contributed by atoms with Crippen molar-refractivity contribution < 1.29 is 23.1 Å². The summed E-state index contributed by atoms with van der Waals surface area (Å²) in [5.41, 5.74) is 0.813. The molecule has 2 aromatic rings. The van der Waals surface area contributed by atoms with E-state index in [1.807, 2.05) is 6.92 Å². The van der Waals surface area contributed by atoms with Crippen LogP contribution in [0.3, 0.4) is 0 Å². The van der Waals surface area contributed by atoms with Gasteiger partial charge in [-0.15, -0.1) is 0 Å². The van der Waals surface area contributed by atoms with Crippen molar-refractivity contribution >= 4 is 21.6 Å². The fraction of sp³-hybridized carbons (Fsp3) is 0.278. The lowest BCUT2D eigenvalue weighted by atomic mass is 10.1.